The van der Waals surface area contributed by atoms with Crippen LogP contribution in [0.2, 0.25) is 0 Å². The first-order valence-corrected chi connectivity index (χ1v) is 9.71. The molecule has 0 atom stereocenters. The lowest BCUT2D eigenvalue weighted by molar-refractivity contribution is 0.273. The van der Waals surface area contributed by atoms with Crippen molar-refractivity contribution in [2.24, 2.45) is 0 Å². The molecule has 1 aliphatic carbocycles. The number of rotatable bonds is 4. The number of nitrogens with zero attached hydrogens (tertiary/aromatic N) is 5. The number of nitrogen functional groups attached to an aromatic ring is 1. The third kappa shape index (κ3) is 2.99. The average Bonchev–Trinajstić information content (AvgIpc) is 3.24. The molecule has 1 fully saturated rings. The number of hydrogen-bond donors (Lipinski definition) is 1. The molecule has 2 aromatic carbocycles. The van der Waals surface area contributed by atoms with Crippen LogP contribution in [0.4, 0.5) is 5.95 Å². The van der Waals surface area contributed by atoms with Crippen LogP contribution >= 0.6 is 0 Å². The minimum atomic E-state index is -0.245. The first kappa shape index (κ1) is 18.0. The SMILES string of the molecule is N#Cc1cccc(-c2nc(C3(c4ccc(-c5cnc(N)nc5)cc4)CCC3)no2)c1. The van der Waals surface area contributed by atoms with Gasteiger partial charge in [0.1, 0.15) is 0 Å². The number of nitrogens with two attached hydrogens (primary N) is 1. The number of aromatic nitrogens is 4. The van der Waals surface area contributed by atoms with Gasteiger partial charge in [0.25, 0.3) is 5.89 Å². The molecular weight excluding hydrogens is 376 g/mol. The summed E-state index contributed by atoms with van der Waals surface area (Å²) in [7, 11) is 0. The van der Waals surface area contributed by atoms with E-state index in [0.717, 1.165) is 41.5 Å². The molecule has 0 saturated heterocycles. The Kier molecular flexibility index (Phi) is 4.25. The summed E-state index contributed by atoms with van der Waals surface area (Å²) < 4.78 is 5.56. The van der Waals surface area contributed by atoms with Gasteiger partial charge in [0.2, 0.25) is 5.95 Å². The Balaban J connectivity index is 1.47. The lowest BCUT2D eigenvalue weighted by Crippen LogP contribution is -2.36. The van der Waals surface area contributed by atoms with Crippen LogP contribution in [0, 0.1) is 11.3 Å². The number of hydrogen-bond acceptors (Lipinski definition) is 7. The van der Waals surface area contributed by atoms with Gasteiger partial charge in [0.15, 0.2) is 5.82 Å². The molecule has 146 valence electrons. The third-order valence-electron chi connectivity index (χ3n) is 5.74. The molecule has 7 nitrogen and oxygen atoms in total. The summed E-state index contributed by atoms with van der Waals surface area (Å²) in [4.78, 5) is 12.8. The summed E-state index contributed by atoms with van der Waals surface area (Å²) in [5, 5.41) is 13.4. The fourth-order valence-electron chi connectivity index (χ4n) is 3.90. The minimum absolute atomic E-state index is 0.245. The highest BCUT2D eigenvalue weighted by Gasteiger charge is 2.44. The summed E-state index contributed by atoms with van der Waals surface area (Å²) in [6.07, 6.45) is 6.49. The molecule has 1 saturated carbocycles. The maximum absolute atomic E-state index is 9.13. The average molecular weight is 394 g/mol. The smallest absolute Gasteiger partial charge is 0.257 e. The Bertz CT molecular complexity index is 1230. The van der Waals surface area contributed by atoms with E-state index in [1.54, 1.807) is 24.5 Å². The predicted octanol–water partition coefficient (Wildman–Crippen LogP) is 4.12. The fraction of sp³-hybridized carbons (Fsp3) is 0.174. The van der Waals surface area contributed by atoms with Crippen LogP contribution in [0.5, 0.6) is 0 Å². The van der Waals surface area contributed by atoms with Crippen molar-refractivity contribution in [1.29, 1.82) is 5.26 Å². The van der Waals surface area contributed by atoms with Crippen molar-refractivity contribution < 1.29 is 4.52 Å². The highest BCUT2D eigenvalue weighted by atomic mass is 16.5. The number of nitriles is 1. The second-order valence-corrected chi connectivity index (χ2v) is 7.46. The molecule has 7 heteroatoms. The van der Waals surface area contributed by atoms with Gasteiger partial charge in [-0.2, -0.15) is 10.2 Å². The van der Waals surface area contributed by atoms with Gasteiger partial charge in [0.05, 0.1) is 17.0 Å². The van der Waals surface area contributed by atoms with E-state index in [0.29, 0.717) is 17.3 Å². The molecule has 0 aliphatic heterocycles. The second-order valence-electron chi connectivity index (χ2n) is 7.46. The Morgan fingerprint density at radius 1 is 0.967 bits per heavy atom. The van der Waals surface area contributed by atoms with Crippen molar-refractivity contribution in [2.75, 3.05) is 5.73 Å². The van der Waals surface area contributed by atoms with Gasteiger partial charge in [-0.15, -0.1) is 0 Å². The molecule has 4 aromatic rings. The van der Waals surface area contributed by atoms with Crippen LogP contribution < -0.4 is 5.73 Å². The van der Waals surface area contributed by atoms with E-state index in [2.05, 4.69) is 45.5 Å². The third-order valence-corrected chi connectivity index (χ3v) is 5.74. The number of benzene rings is 2. The van der Waals surface area contributed by atoms with Gasteiger partial charge in [-0.3, -0.25) is 0 Å². The highest BCUT2D eigenvalue weighted by Crippen LogP contribution is 2.48. The monoisotopic (exact) mass is 394 g/mol. The summed E-state index contributed by atoms with van der Waals surface area (Å²) in [6.45, 7) is 0. The molecule has 0 spiro atoms. The quantitative estimate of drug-likeness (QED) is 0.554. The van der Waals surface area contributed by atoms with Crippen molar-refractivity contribution in [1.82, 2.24) is 20.1 Å². The van der Waals surface area contributed by atoms with Crippen LogP contribution in [0.1, 0.15) is 36.2 Å². The molecule has 2 heterocycles. The van der Waals surface area contributed by atoms with E-state index in [1.165, 1.54) is 0 Å². The highest BCUT2D eigenvalue weighted by molar-refractivity contribution is 5.63. The Hall–Kier alpha value is -4.05. The van der Waals surface area contributed by atoms with Gasteiger partial charge >= 0.3 is 0 Å². The number of anilines is 1. The Morgan fingerprint density at radius 2 is 1.73 bits per heavy atom. The molecule has 2 N–H and O–H groups in total. The van der Waals surface area contributed by atoms with Crippen molar-refractivity contribution in [3.8, 4) is 28.7 Å². The fourth-order valence-corrected chi connectivity index (χ4v) is 3.90. The van der Waals surface area contributed by atoms with Crippen LogP contribution in [0.3, 0.4) is 0 Å². The zero-order valence-electron chi connectivity index (χ0n) is 16.1. The predicted molar refractivity (Wildman–Crippen MR) is 111 cm³/mol. The molecule has 0 bridgehead atoms. The lowest BCUT2D eigenvalue weighted by Gasteiger charge is -2.39. The Morgan fingerprint density at radius 3 is 2.40 bits per heavy atom. The van der Waals surface area contributed by atoms with Crippen molar-refractivity contribution in [2.45, 2.75) is 24.7 Å². The minimum Gasteiger partial charge on any atom is -0.368 e. The Labute approximate surface area is 173 Å². The van der Waals surface area contributed by atoms with Crippen molar-refractivity contribution >= 4 is 5.95 Å². The van der Waals surface area contributed by atoms with Crippen LogP contribution in [-0.2, 0) is 5.41 Å². The zero-order chi connectivity index (χ0) is 20.6. The normalized spacial score (nSPS) is 14.6. The van der Waals surface area contributed by atoms with E-state index >= 15 is 0 Å². The van der Waals surface area contributed by atoms with Crippen LogP contribution in [0.25, 0.3) is 22.6 Å². The first-order chi connectivity index (χ1) is 14.7. The van der Waals surface area contributed by atoms with Crippen LogP contribution in [0.15, 0.2) is 65.4 Å². The molecule has 0 radical (unpaired) electrons. The van der Waals surface area contributed by atoms with E-state index in [9.17, 15) is 0 Å². The van der Waals surface area contributed by atoms with Crippen LogP contribution in [-0.4, -0.2) is 20.1 Å². The van der Waals surface area contributed by atoms with E-state index < -0.39 is 0 Å². The molecule has 5 rings (SSSR count). The maximum atomic E-state index is 9.13. The van der Waals surface area contributed by atoms with Gasteiger partial charge in [0, 0.05) is 23.5 Å². The molecule has 0 amide bonds. The molecule has 0 unspecified atom stereocenters. The second kappa shape index (κ2) is 7.08. The zero-order valence-corrected chi connectivity index (χ0v) is 16.1. The van der Waals surface area contributed by atoms with Crippen molar-refractivity contribution in [3.63, 3.8) is 0 Å². The van der Waals surface area contributed by atoms with Gasteiger partial charge < -0.3 is 10.3 Å². The van der Waals surface area contributed by atoms with Gasteiger partial charge in [-0.25, -0.2) is 9.97 Å². The maximum Gasteiger partial charge on any atom is 0.257 e. The molecule has 30 heavy (non-hydrogen) atoms. The van der Waals surface area contributed by atoms with Gasteiger partial charge in [-0.1, -0.05) is 41.9 Å². The summed E-state index contributed by atoms with van der Waals surface area (Å²) in [6, 6.07) is 17.7. The van der Waals surface area contributed by atoms with E-state index in [4.69, 9.17) is 20.5 Å². The molecule has 1 aliphatic rings. The van der Waals surface area contributed by atoms with E-state index in [-0.39, 0.29) is 11.4 Å². The lowest BCUT2D eigenvalue weighted by atomic mass is 9.64. The van der Waals surface area contributed by atoms with Crippen molar-refractivity contribution in [3.05, 3.63) is 77.9 Å². The topological polar surface area (TPSA) is 115 Å². The summed E-state index contributed by atoms with van der Waals surface area (Å²) >= 11 is 0. The first-order valence-electron chi connectivity index (χ1n) is 9.71. The molecular formula is C23H18N6O. The summed E-state index contributed by atoms with van der Waals surface area (Å²) in [5.41, 5.74) is 9.74. The molecule has 2 aromatic heterocycles. The largest absolute Gasteiger partial charge is 0.368 e. The standard InChI is InChI=1S/C23H18N6O/c24-12-15-3-1-4-17(11-15)20-28-21(29-30-20)23(9-2-10-23)19-7-5-16(6-8-19)18-13-26-22(25)27-14-18/h1,3-8,11,13-14H,2,9-10H2,(H2,25,26,27). The van der Waals surface area contributed by atoms with E-state index in [1.807, 2.05) is 12.1 Å². The van der Waals surface area contributed by atoms with Gasteiger partial charge in [-0.05, 0) is 42.2 Å². The summed E-state index contributed by atoms with van der Waals surface area (Å²) in [5.74, 6) is 1.38.